The first-order valence-corrected chi connectivity index (χ1v) is 8.42. The van der Waals surface area contributed by atoms with Crippen molar-refractivity contribution in [2.75, 3.05) is 13.1 Å². The van der Waals surface area contributed by atoms with E-state index in [-0.39, 0.29) is 11.9 Å². The van der Waals surface area contributed by atoms with Crippen LogP contribution in [0.5, 0.6) is 11.6 Å². The van der Waals surface area contributed by atoms with Gasteiger partial charge < -0.3 is 15.4 Å². The third kappa shape index (κ3) is 4.30. The lowest BCUT2D eigenvalue weighted by Gasteiger charge is -2.24. The number of nitrogens with zero attached hydrogens (tertiary/aromatic N) is 1. The van der Waals surface area contributed by atoms with Crippen molar-refractivity contribution < 1.29 is 9.53 Å². The van der Waals surface area contributed by atoms with E-state index < -0.39 is 0 Å². The maximum atomic E-state index is 12.5. The van der Waals surface area contributed by atoms with E-state index in [1.165, 1.54) is 0 Å². The molecule has 0 bridgehead atoms. The number of nitrogens with one attached hydrogen (secondary N) is 2. The molecule has 5 nitrogen and oxygen atoms in total. The number of rotatable bonds is 4. The summed E-state index contributed by atoms with van der Waals surface area (Å²) in [7, 11) is 0. The van der Waals surface area contributed by atoms with Gasteiger partial charge in [-0.1, -0.05) is 22.0 Å². The van der Waals surface area contributed by atoms with Crippen molar-refractivity contribution in [3.63, 3.8) is 0 Å². The summed E-state index contributed by atoms with van der Waals surface area (Å²) in [6.07, 6.45) is 3.67. The molecule has 1 aromatic carbocycles. The molecule has 120 valence electrons. The van der Waals surface area contributed by atoms with Gasteiger partial charge in [-0.25, -0.2) is 4.98 Å². The highest BCUT2D eigenvalue weighted by molar-refractivity contribution is 9.10. The van der Waals surface area contributed by atoms with Crippen molar-refractivity contribution in [3.8, 4) is 11.6 Å². The van der Waals surface area contributed by atoms with Crippen LogP contribution >= 0.6 is 15.9 Å². The maximum Gasteiger partial charge on any atom is 0.257 e. The molecule has 23 heavy (non-hydrogen) atoms. The normalized spacial score (nSPS) is 17.5. The molecule has 0 radical (unpaired) electrons. The molecule has 1 amide bonds. The molecule has 1 aromatic heterocycles. The zero-order valence-electron chi connectivity index (χ0n) is 12.6. The van der Waals surface area contributed by atoms with E-state index in [2.05, 4.69) is 31.5 Å². The van der Waals surface area contributed by atoms with Crippen molar-refractivity contribution in [1.82, 2.24) is 15.6 Å². The summed E-state index contributed by atoms with van der Waals surface area (Å²) in [4.78, 5) is 16.7. The number of piperidine rings is 1. The smallest absolute Gasteiger partial charge is 0.257 e. The second kappa shape index (κ2) is 7.57. The molecule has 1 atom stereocenters. The Hall–Kier alpha value is -1.92. The minimum atomic E-state index is -0.156. The summed E-state index contributed by atoms with van der Waals surface area (Å²) in [5.74, 6) is 0.787. The van der Waals surface area contributed by atoms with Crippen molar-refractivity contribution in [1.29, 1.82) is 0 Å². The van der Waals surface area contributed by atoms with Crippen LogP contribution in [0, 0.1) is 0 Å². The Balaban J connectivity index is 1.75. The highest BCUT2D eigenvalue weighted by Crippen LogP contribution is 2.25. The molecule has 3 rings (SSSR count). The number of hydrogen-bond donors (Lipinski definition) is 2. The van der Waals surface area contributed by atoms with Gasteiger partial charge in [0, 0.05) is 23.3 Å². The maximum absolute atomic E-state index is 12.5. The van der Waals surface area contributed by atoms with E-state index in [9.17, 15) is 4.79 Å². The molecule has 0 saturated carbocycles. The van der Waals surface area contributed by atoms with E-state index in [1.807, 2.05) is 24.3 Å². The largest absolute Gasteiger partial charge is 0.438 e. The average Bonchev–Trinajstić information content (AvgIpc) is 2.56. The fourth-order valence-electron chi connectivity index (χ4n) is 2.53. The molecule has 1 fully saturated rings. The first-order valence-electron chi connectivity index (χ1n) is 7.62. The third-order valence-corrected chi connectivity index (χ3v) is 4.15. The van der Waals surface area contributed by atoms with Crippen LogP contribution in [0.2, 0.25) is 0 Å². The van der Waals surface area contributed by atoms with E-state index in [0.29, 0.717) is 17.2 Å². The van der Waals surface area contributed by atoms with Crippen LogP contribution in [-0.4, -0.2) is 30.0 Å². The Morgan fingerprint density at radius 1 is 1.35 bits per heavy atom. The summed E-state index contributed by atoms with van der Waals surface area (Å²) < 4.78 is 6.69. The minimum Gasteiger partial charge on any atom is -0.438 e. The van der Waals surface area contributed by atoms with Crippen LogP contribution in [-0.2, 0) is 0 Å². The molecule has 1 aliphatic rings. The van der Waals surface area contributed by atoms with Crippen LogP contribution in [0.4, 0.5) is 0 Å². The Kier molecular flexibility index (Phi) is 5.25. The van der Waals surface area contributed by atoms with Crippen molar-refractivity contribution in [2.24, 2.45) is 0 Å². The number of ether oxygens (including phenoxy) is 1. The molecule has 0 aliphatic carbocycles. The lowest BCUT2D eigenvalue weighted by Crippen LogP contribution is -2.45. The fraction of sp³-hybridized carbons (Fsp3) is 0.294. The van der Waals surface area contributed by atoms with Crippen molar-refractivity contribution >= 4 is 21.8 Å². The highest BCUT2D eigenvalue weighted by atomic mass is 79.9. The summed E-state index contributed by atoms with van der Waals surface area (Å²) in [6, 6.07) is 11.1. The van der Waals surface area contributed by atoms with E-state index in [0.717, 1.165) is 30.4 Å². The number of benzene rings is 1. The monoisotopic (exact) mass is 375 g/mol. The predicted molar refractivity (Wildman–Crippen MR) is 91.8 cm³/mol. The molecule has 2 N–H and O–H groups in total. The quantitative estimate of drug-likeness (QED) is 0.861. The number of carbonyl (C=O) groups excluding carboxylic acids is 1. The second-order valence-electron chi connectivity index (χ2n) is 5.43. The Labute approximate surface area is 143 Å². The Morgan fingerprint density at radius 3 is 3.04 bits per heavy atom. The number of hydrogen-bond acceptors (Lipinski definition) is 4. The van der Waals surface area contributed by atoms with Crippen LogP contribution in [0.3, 0.4) is 0 Å². The average molecular weight is 376 g/mol. The molecule has 2 heterocycles. The minimum absolute atomic E-state index is 0.148. The molecule has 6 heteroatoms. The van der Waals surface area contributed by atoms with E-state index >= 15 is 0 Å². The number of pyridine rings is 1. The fourth-order valence-corrected chi connectivity index (χ4v) is 2.90. The predicted octanol–water partition coefficient (Wildman–Crippen LogP) is 3.12. The third-order valence-electron chi connectivity index (χ3n) is 3.66. The van der Waals surface area contributed by atoms with Gasteiger partial charge in [-0.2, -0.15) is 0 Å². The summed E-state index contributed by atoms with van der Waals surface area (Å²) >= 11 is 3.40. The van der Waals surface area contributed by atoms with Gasteiger partial charge in [0.25, 0.3) is 5.91 Å². The van der Waals surface area contributed by atoms with Crippen LogP contribution in [0.25, 0.3) is 0 Å². The van der Waals surface area contributed by atoms with Gasteiger partial charge in [-0.15, -0.1) is 0 Å². The van der Waals surface area contributed by atoms with Crippen LogP contribution in [0.1, 0.15) is 23.2 Å². The van der Waals surface area contributed by atoms with Gasteiger partial charge in [0.05, 0.1) is 0 Å². The van der Waals surface area contributed by atoms with Crippen LogP contribution in [0.15, 0.2) is 47.1 Å². The van der Waals surface area contributed by atoms with Gasteiger partial charge >= 0.3 is 0 Å². The van der Waals surface area contributed by atoms with Gasteiger partial charge in [-0.05, 0) is 49.7 Å². The topological polar surface area (TPSA) is 63.2 Å². The number of amides is 1. The summed E-state index contributed by atoms with van der Waals surface area (Å²) in [6.45, 7) is 1.81. The molecule has 1 aliphatic heterocycles. The first kappa shape index (κ1) is 16.0. The van der Waals surface area contributed by atoms with Gasteiger partial charge in [0.1, 0.15) is 11.3 Å². The number of halogens is 1. The van der Waals surface area contributed by atoms with E-state index in [4.69, 9.17) is 4.74 Å². The first-order chi connectivity index (χ1) is 11.2. The van der Waals surface area contributed by atoms with E-state index in [1.54, 1.807) is 18.3 Å². The molecule has 1 unspecified atom stereocenters. The molecule has 2 aromatic rings. The van der Waals surface area contributed by atoms with Gasteiger partial charge in [0.2, 0.25) is 5.88 Å². The van der Waals surface area contributed by atoms with Gasteiger partial charge in [-0.3, -0.25) is 4.79 Å². The summed E-state index contributed by atoms with van der Waals surface area (Å²) in [5.41, 5.74) is 0.443. The second-order valence-corrected chi connectivity index (χ2v) is 6.35. The summed E-state index contributed by atoms with van der Waals surface area (Å²) in [5, 5.41) is 6.33. The molecule has 0 spiro atoms. The zero-order valence-corrected chi connectivity index (χ0v) is 14.2. The molecule has 1 saturated heterocycles. The standard InChI is InChI=1S/C17H18BrN3O2/c18-12-4-1-6-14(10-12)23-17-15(7-3-9-20-17)16(22)21-13-5-2-8-19-11-13/h1,3-4,6-7,9-10,13,19H,2,5,8,11H2,(H,21,22). The van der Waals surface area contributed by atoms with Crippen molar-refractivity contribution in [3.05, 3.63) is 52.6 Å². The highest BCUT2D eigenvalue weighted by Gasteiger charge is 2.19. The zero-order chi connectivity index (χ0) is 16.1. The van der Waals surface area contributed by atoms with Crippen molar-refractivity contribution in [2.45, 2.75) is 18.9 Å². The lowest BCUT2D eigenvalue weighted by molar-refractivity contribution is 0.0927. The number of carbonyl (C=O) groups is 1. The molecular weight excluding hydrogens is 358 g/mol. The van der Waals surface area contributed by atoms with Gasteiger partial charge in [0.15, 0.2) is 0 Å². The lowest BCUT2D eigenvalue weighted by atomic mass is 10.1. The Morgan fingerprint density at radius 2 is 2.26 bits per heavy atom. The number of aromatic nitrogens is 1. The SMILES string of the molecule is O=C(NC1CCCNC1)c1cccnc1Oc1cccc(Br)c1. The Bertz CT molecular complexity index is 687. The van der Waals surface area contributed by atoms with Crippen LogP contribution < -0.4 is 15.4 Å². The molecular formula is C17H18BrN3O2.